The number of nitrogens with one attached hydrogen (secondary N) is 1. The van der Waals surface area contributed by atoms with E-state index in [1.807, 2.05) is 0 Å². The summed E-state index contributed by atoms with van der Waals surface area (Å²) in [6.07, 6.45) is 1.56. The van der Waals surface area contributed by atoms with Crippen LogP contribution < -0.4 is 15.8 Å². The Morgan fingerprint density at radius 1 is 1.19 bits per heavy atom. The van der Waals surface area contributed by atoms with Crippen LogP contribution >= 0.6 is 0 Å². The molecule has 9 nitrogen and oxygen atoms in total. The molecule has 2 aromatic carbocycles. The van der Waals surface area contributed by atoms with E-state index in [1.54, 1.807) is 0 Å². The van der Waals surface area contributed by atoms with E-state index in [1.165, 1.54) is 46.3 Å². The Labute approximate surface area is 183 Å². The molecule has 32 heavy (non-hydrogen) atoms. The molecule has 4 rings (SSSR count). The maximum atomic E-state index is 13.8. The van der Waals surface area contributed by atoms with Crippen molar-refractivity contribution in [1.29, 1.82) is 0 Å². The molecule has 0 unspecified atom stereocenters. The molecule has 11 heteroatoms. The Morgan fingerprint density at radius 2 is 1.94 bits per heavy atom. The van der Waals surface area contributed by atoms with Crippen molar-refractivity contribution in [3.05, 3.63) is 52.8 Å². The normalized spacial score (nSPS) is 14.7. The molecule has 0 radical (unpaired) electrons. The molecule has 1 aliphatic rings. The van der Waals surface area contributed by atoms with Gasteiger partial charge in [-0.1, -0.05) is 0 Å². The van der Waals surface area contributed by atoms with Crippen molar-refractivity contribution in [1.82, 2.24) is 8.87 Å². The molecule has 0 bridgehead atoms. The lowest BCUT2D eigenvalue weighted by molar-refractivity contribution is -0.116. The molecule has 1 N–H and O–H groups in total. The van der Waals surface area contributed by atoms with Crippen LogP contribution in [0.3, 0.4) is 0 Å². The van der Waals surface area contributed by atoms with Crippen molar-refractivity contribution < 1.29 is 26.8 Å². The van der Waals surface area contributed by atoms with E-state index in [9.17, 15) is 22.4 Å². The van der Waals surface area contributed by atoms with Crippen molar-refractivity contribution in [2.75, 3.05) is 25.5 Å². The molecular weight excluding hydrogens is 441 g/mol. The van der Waals surface area contributed by atoms with Gasteiger partial charge in [0.1, 0.15) is 0 Å². The monoisotopic (exact) mass is 463 g/mol. The number of sulfonamides is 1. The van der Waals surface area contributed by atoms with E-state index in [2.05, 4.69) is 5.32 Å². The molecule has 1 aromatic heterocycles. The zero-order valence-electron chi connectivity index (χ0n) is 17.3. The first-order valence-corrected chi connectivity index (χ1v) is 11.5. The number of carbonyl (C=O) groups excluding carboxylic acids is 1. The number of aromatic nitrogens is 1. The topological polar surface area (TPSA) is 111 Å². The van der Waals surface area contributed by atoms with E-state index in [4.69, 9.17) is 9.15 Å². The Bertz CT molecular complexity index is 1330. The minimum Gasteiger partial charge on any atom is -0.494 e. The molecule has 0 atom stereocenters. The third-order valence-corrected chi connectivity index (χ3v) is 7.24. The summed E-state index contributed by atoms with van der Waals surface area (Å²) in [7, 11) is -2.30. The lowest BCUT2D eigenvalue weighted by Gasteiger charge is -2.15. The van der Waals surface area contributed by atoms with Crippen LogP contribution in [0.25, 0.3) is 11.1 Å². The van der Waals surface area contributed by atoms with E-state index in [-0.39, 0.29) is 34.9 Å². The van der Waals surface area contributed by atoms with Gasteiger partial charge in [-0.3, -0.25) is 9.36 Å². The van der Waals surface area contributed by atoms with E-state index < -0.39 is 27.5 Å². The fourth-order valence-electron chi connectivity index (χ4n) is 3.68. The summed E-state index contributed by atoms with van der Waals surface area (Å²) < 4.78 is 52.0. The molecule has 0 saturated carbocycles. The third kappa shape index (κ3) is 4.26. The lowest BCUT2D eigenvalue weighted by atomic mass is 10.2. The van der Waals surface area contributed by atoms with Crippen LogP contribution in [0.4, 0.5) is 10.1 Å². The first kappa shape index (κ1) is 22.0. The number of fused-ring (bicyclic) bond motifs is 1. The summed E-state index contributed by atoms with van der Waals surface area (Å²) in [5.41, 5.74) is 0.779. The Kier molecular flexibility index (Phi) is 6.02. The Morgan fingerprint density at radius 3 is 2.62 bits per heavy atom. The van der Waals surface area contributed by atoms with Gasteiger partial charge in [0.05, 0.1) is 17.5 Å². The highest BCUT2D eigenvalue weighted by atomic mass is 32.2. The maximum absolute atomic E-state index is 13.8. The van der Waals surface area contributed by atoms with Gasteiger partial charge in [0, 0.05) is 43.9 Å². The highest BCUT2D eigenvalue weighted by Gasteiger charge is 2.28. The fraction of sp³-hybridized carbons (Fsp3) is 0.333. The van der Waals surface area contributed by atoms with Crippen LogP contribution in [0, 0.1) is 5.82 Å². The van der Waals surface area contributed by atoms with Gasteiger partial charge < -0.3 is 14.5 Å². The molecule has 3 aromatic rings. The van der Waals surface area contributed by atoms with Crippen LogP contribution in [-0.4, -0.2) is 43.4 Å². The number of oxazole rings is 1. The summed E-state index contributed by atoms with van der Waals surface area (Å²) >= 11 is 0. The van der Waals surface area contributed by atoms with Crippen LogP contribution in [0.2, 0.25) is 0 Å². The molecule has 1 amide bonds. The van der Waals surface area contributed by atoms with Crippen LogP contribution in [0.15, 0.2) is 50.5 Å². The van der Waals surface area contributed by atoms with Gasteiger partial charge in [-0.15, -0.1) is 0 Å². The van der Waals surface area contributed by atoms with Crippen molar-refractivity contribution in [3.8, 4) is 5.75 Å². The number of anilines is 1. The van der Waals surface area contributed by atoms with Crippen LogP contribution in [-0.2, 0) is 21.4 Å². The second-order valence-electron chi connectivity index (χ2n) is 7.41. The summed E-state index contributed by atoms with van der Waals surface area (Å²) in [4.78, 5) is 24.6. The van der Waals surface area contributed by atoms with Crippen molar-refractivity contribution in [3.63, 3.8) is 0 Å². The van der Waals surface area contributed by atoms with E-state index in [0.717, 1.165) is 18.9 Å². The number of benzene rings is 2. The number of carbonyl (C=O) groups is 1. The van der Waals surface area contributed by atoms with Gasteiger partial charge in [-0.2, -0.15) is 4.31 Å². The van der Waals surface area contributed by atoms with Gasteiger partial charge in [0.15, 0.2) is 17.1 Å². The number of aryl methyl sites for hydroxylation is 1. The third-order valence-electron chi connectivity index (χ3n) is 5.34. The van der Waals surface area contributed by atoms with Gasteiger partial charge in [0.2, 0.25) is 15.9 Å². The summed E-state index contributed by atoms with van der Waals surface area (Å²) in [5, 5.41) is 2.56. The SMILES string of the molecule is COc1ccc(NC(=O)CCn2c(=O)oc3cc(S(=O)(=O)N4CCCC4)ccc32)cc1F. The zero-order chi connectivity index (χ0) is 22.9. The summed E-state index contributed by atoms with van der Waals surface area (Å²) in [5.74, 6) is -1.67. The molecule has 1 fully saturated rings. The molecule has 0 spiro atoms. The molecule has 0 aliphatic carbocycles. The van der Waals surface area contributed by atoms with E-state index in [0.29, 0.717) is 18.6 Å². The second kappa shape index (κ2) is 8.75. The molecule has 170 valence electrons. The Hall–Kier alpha value is -3.18. The molecular formula is C21H22FN3O6S. The fourth-order valence-corrected chi connectivity index (χ4v) is 5.21. The van der Waals surface area contributed by atoms with Gasteiger partial charge in [-0.05, 0) is 37.1 Å². The number of rotatable bonds is 7. The second-order valence-corrected chi connectivity index (χ2v) is 9.35. The highest BCUT2D eigenvalue weighted by Crippen LogP contribution is 2.25. The van der Waals surface area contributed by atoms with Crippen molar-refractivity contribution in [2.45, 2.75) is 30.7 Å². The predicted octanol–water partition coefficient (Wildman–Crippen LogP) is 2.56. The lowest BCUT2D eigenvalue weighted by Crippen LogP contribution is -2.27. The van der Waals surface area contributed by atoms with Gasteiger partial charge in [-0.25, -0.2) is 17.6 Å². The minimum atomic E-state index is -3.64. The van der Waals surface area contributed by atoms with Crippen molar-refractivity contribution >= 4 is 32.7 Å². The van der Waals surface area contributed by atoms with Crippen LogP contribution in [0.1, 0.15) is 19.3 Å². The largest absolute Gasteiger partial charge is 0.494 e. The molecule has 2 heterocycles. The first-order chi connectivity index (χ1) is 15.3. The van der Waals surface area contributed by atoms with E-state index >= 15 is 0 Å². The number of nitrogens with zero attached hydrogens (tertiary/aromatic N) is 2. The quantitative estimate of drug-likeness (QED) is 0.577. The number of methoxy groups -OCH3 is 1. The molecule has 1 saturated heterocycles. The zero-order valence-corrected chi connectivity index (χ0v) is 18.2. The predicted molar refractivity (Wildman–Crippen MR) is 115 cm³/mol. The highest BCUT2D eigenvalue weighted by molar-refractivity contribution is 7.89. The first-order valence-electron chi connectivity index (χ1n) is 10.1. The number of amides is 1. The minimum absolute atomic E-state index is 0.00846. The average Bonchev–Trinajstić information content (AvgIpc) is 3.40. The average molecular weight is 463 g/mol. The number of ether oxygens (including phenoxy) is 1. The number of hydrogen-bond acceptors (Lipinski definition) is 6. The van der Waals surface area contributed by atoms with Gasteiger partial charge in [0.25, 0.3) is 0 Å². The standard InChI is InChI=1S/C21H22FN3O6S/c1-30-18-7-4-14(12-16(18)22)23-20(26)8-11-25-17-6-5-15(13-19(17)31-21(25)27)32(28,29)24-9-2-3-10-24/h4-7,12-13H,2-3,8-11H2,1H3,(H,23,26). The number of hydrogen-bond donors (Lipinski definition) is 1. The number of halogens is 1. The van der Waals surface area contributed by atoms with Gasteiger partial charge >= 0.3 is 5.76 Å². The molecule has 1 aliphatic heterocycles. The van der Waals surface area contributed by atoms with Crippen LogP contribution in [0.5, 0.6) is 5.75 Å². The Balaban J connectivity index is 1.48. The summed E-state index contributed by atoms with van der Waals surface area (Å²) in [6, 6.07) is 8.30. The smallest absolute Gasteiger partial charge is 0.419 e. The maximum Gasteiger partial charge on any atom is 0.419 e. The van der Waals surface area contributed by atoms with Crippen molar-refractivity contribution in [2.24, 2.45) is 0 Å². The summed E-state index contributed by atoms with van der Waals surface area (Å²) in [6.45, 7) is 0.950.